The van der Waals surface area contributed by atoms with Crippen LogP contribution in [0.25, 0.3) is 10.9 Å². The third-order valence-corrected chi connectivity index (χ3v) is 4.64. The van der Waals surface area contributed by atoms with Crippen LogP contribution in [0.1, 0.15) is 12.8 Å². The summed E-state index contributed by atoms with van der Waals surface area (Å²) in [7, 11) is 0. The van der Waals surface area contributed by atoms with Crippen molar-refractivity contribution in [1.82, 2.24) is 19.2 Å². The third kappa shape index (κ3) is 2.74. The van der Waals surface area contributed by atoms with Crippen LogP contribution in [0.15, 0.2) is 55.0 Å². The van der Waals surface area contributed by atoms with Crippen molar-refractivity contribution in [2.75, 3.05) is 6.54 Å². The molecule has 0 radical (unpaired) electrons. The van der Waals surface area contributed by atoms with E-state index in [1.54, 1.807) is 6.20 Å². The van der Waals surface area contributed by atoms with Gasteiger partial charge in [0, 0.05) is 30.7 Å². The van der Waals surface area contributed by atoms with Crippen molar-refractivity contribution in [3.05, 3.63) is 55.0 Å². The maximum atomic E-state index is 12.8. The second kappa shape index (κ2) is 5.91. The highest BCUT2D eigenvalue weighted by molar-refractivity contribution is 5.83. The molecule has 1 fully saturated rings. The fourth-order valence-electron chi connectivity index (χ4n) is 3.49. The minimum atomic E-state index is 0.195. The molecule has 1 aromatic carbocycles. The van der Waals surface area contributed by atoms with Crippen LogP contribution in [-0.4, -0.2) is 37.7 Å². The Morgan fingerprint density at radius 2 is 2.09 bits per heavy atom. The average Bonchev–Trinajstić information content (AvgIpc) is 3.29. The highest BCUT2D eigenvalue weighted by Gasteiger charge is 2.29. The molecule has 5 nitrogen and oxygen atoms in total. The number of amides is 1. The van der Waals surface area contributed by atoms with Crippen molar-refractivity contribution >= 4 is 16.8 Å². The summed E-state index contributed by atoms with van der Waals surface area (Å²) in [5, 5.41) is 5.44. The van der Waals surface area contributed by atoms with E-state index in [1.807, 2.05) is 44.7 Å². The Labute approximate surface area is 135 Å². The van der Waals surface area contributed by atoms with Gasteiger partial charge in [0.15, 0.2) is 0 Å². The van der Waals surface area contributed by atoms with Gasteiger partial charge >= 0.3 is 0 Å². The molecule has 0 aliphatic carbocycles. The Morgan fingerprint density at radius 1 is 1.17 bits per heavy atom. The summed E-state index contributed by atoms with van der Waals surface area (Å²) >= 11 is 0. The summed E-state index contributed by atoms with van der Waals surface area (Å²) < 4.78 is 3.96. The number of fused-ring (bicyclic) bond motifs is 1. The number of likely N-dealkylation sites (tertiary alicyclic amines) is 1. The molecule has 0 unspecified atom stereocenters. The minimum Gasteiger partial charge on any atom is -0.338 e. The summed E-state index contributed by atoms with van der Waals surface area (Å²) in [5.41, 5.74) is 1.11. The van der Waals surface area contributed by atoms with E-state index in [-0.39, 0.29) is 11.9 Å². The van der Waals surface area contributed by atoms with E-state index in [4.69, 9.17) is 0 Å². The zero-order chi connectivity index (χ0) is 15.6. The van der Waals surface area contributed by atoms with Gasteiger partial charge in [-0.25, -0.2) is 0 Å². The zero-order valence-corrected chi connectivity index (χ0v) is 13.0. The second-order valence-corrected chi connectivity index (χ2v) is 6.11. The largest absolute Gasteiger partial charge is 0.338 e. The molecule has 23 heavy (non-hydrogen) atoms. The maximum absolute atomic E-state index is 12.8. The smallest absolute Gasteiger partial charge is 0.242 e. The molecule has 1 atom stereocenters. The van der Waals surface area contributed by atoms with Crippen molar-refractivity contribution in [3.8, 4) is 0 Å². The topological polar surface area (TPSA) is 43.1 Å². The number of rotatable bonds is 4. The standard InChI is InChI=1S/C18H20N4O/c23-18(14-20-12-8-15-5-1-2-7-17(15)20)22-11-3-6-16(22)13-21-10-4-9-19-21/h1-2,4-5,7-10,12,16H,3,6,11,13-14H2/t16-/m0/s1. The molecule has 4 rings (SSSR count). The second-order valence-electron chi connectivity index (χ2n) is 6.11. The first kappa shape index (κ1) is 14.1. The number of carbonyl (C=O) groups excluding carboxylic acids is 1. The van der Waals surface area contributed by atoms with E-state index in [2.05, 4.69) is 23.3 Å². The van der Waals surface area contributed by atoms with E-state index < -0.39 is 0 Å². The van der Waals surface area contributed by atoms with E-state index in [1.165, 1.54) is 5.39 Å². The van der Waals surface area contributed by atoms with Crippen LogP contribution in [0.5, 0.6) is 0 Å². The molecule has 3 heterocycles. The van der Waals surface area contributed by atoms with Crippen molar-refractivity contribution in [2.24, 2.45) is 0 Å². The van der Waals surface area contributed by atoms with Gasteiger partial charge in [0.25, 0.3) is 0 Å². The number of carbonyl (C=O) groups is 1. The van der Waals surface area contributed by atoms with E-state index in [9.17, 15) is 4.79 Å². The minimum absolute atomic E-state index is 0.195. The van der Waals surface area contributed by atoms with E-state index in [0.717, 1.165) is 31.4 Å². The monoisotopic (exact) mass is 308 g/mol. The Morgan fingerprint density at radius 3 is 2.96 bits per heavy atom. The maximum Gasteiger partial charge on any atom is 0.242 e. The lowest BCUT2D eigenvalue weighted by molar-refractivity contribution is -0.132. The average molecular weight is 308 g/mol. The molecule has 3 aromatic rings. The highest BCUT2D eigenvalue weighted by Crippen LogP contribution is 2.21. The van der Waals surface area contributed by atoms with E-state index in [0.29, 0.717) is 6.54 Å². The van der Waals surface area contributed by atoms with Gasteiger partial charge in [0.2, 0.25) is 5.91 Å². The molecule has 0 N–H and O–H groups in total. The van der Waals surface area contributed by atoms with Crippen molar-refractivity contribution in [3.63, 3.8) is 0 Å². The highest BCUT2D eigenvalue weighted by atomic mass is 16.2. The van der Waals surface area contributed by atoms with Crippen LogP contribution in [0, 0.1) is 0 Å². The Hall–Kier alpha value is -2.56. The number of hydrogen-bond acceptors (Lipinski definition) is 2. The number of benzene rings is 1. The van der Waals surface area contributed by atoms with E-state index >= 15 is 0 Å². The lowest BCUT2D eigenvalue weighted by Gasteiger charge is -2.25. The summed E-state index contributed by atoms with van der Waals surface area (Å²) in [5.74, 6) is 0.195. The number of hydrogen-bond donors (Lipinski definition) is 0. The third-order valence-electron chi connectivity index (χ3n) is 4.64. The number of aromatic nitrogens is 3. The molecule has 0 spiro atoms. The fraction of sp³-hybridized carbons (Fsp3) is 0.333. The number of nitrogens with zero attached hydrogens (tertiary/aromatic N) is 4. The van der Waals surface area contributed by atoms with Crippen LogP contribution < -0.4 is 0 Å². The molecule has 1 saturated heterocycles. The summed E-state index contributed by atoms with van der Waals surface area (Å²) in [6.45, 7) is 2.04. The predicted octanol–water partition coefficient (Wildman–Crippen LogP) is 2.53. The SMILES string of the molecule is O=C(Cn1ccc2ccccc21)N1CCC[C@H]1Cn1cccn1. The predicted molar refractivity (Wildman–Crippen MR) is 88.9 cm³/mol. The summed E-state index contributed by atoms with van der Waals surface area (Å²) in [6.07, 6.45) is 7.87. The van der Waals surface area contributed by atoms with Gasteiger partial charge < -0.3 is 9.47 Å². The van der Waals surface area contributed by atoms with Gasteiger partial charge in [-0.05, 0) is 36.4 Å². The quantitative estimate of drug-likeness (QED) is 0.743. The molecule has 0 bridgehead atoms. The van der Waals surface area contributed by atoms with Crippen molar-refractivity contribution in [1.29, 1.82) is 0 Å². The van der Waals surface area contributed by atoms with Crippen molar-refractivity contribution in [2.45, 2.75) is 32.0 Å². The molecular weight excluding hydrogens is 288 g/mol. The Balaban J connectivity index is 1.49. The lowest BCUT2D eigenvalue weighted by Crippen LogP contribution is -2.40. The lowest BCUT2D eigenvalue weighted by atomic mass is 10.2. The van der Waals surface area contributed by atoms with Gasteiger partial charge in [-0.3, -0.25) is 9.48 Å². The summed E-state index contributed by atoms with van der Waals surface area (Å²) in [4.78, 5) is 14.8. The van der Waals surface area contributed by atoms with Gasteiger partial charge in [0.1, 0.15) is 6.54 Å². The molecule has 1 aliphatic rings. The van der Waals surface area contributed by atoms with Crippen LogP contribution in [0.3, 0.4) is 0 Å². The fourth-order valence-corrected chi connectivity index (χ4v) is 3.49. The molecule has 1 aliphatic heterocycles. The van der Waals surface area contributed by atoms with Gasteiger partial charge in [0.05, 0.1) is 12.6 Å². The first-order valence-corrected chi connectivity index (χ1v) is 8.12. The van der Waals surface area contributed by atoms with Crippen LogP contribution in [0.2, 0.25) is 0 Å². The Kier molecular flexibility index (Phi) is 3.61. The molecule has 1 amide bonds. The van der Waals surface area contributed by atoms with Gasteiger partial charge in [-0.2, -0.15) is 5.10 Å². The first-order valence-electron chi connectivity index (χ1n) is 8.12. The molecule has 2 aromatic heterocycles. The van der Waals surface area contributed by atoms with Crippen molar-refractivity contribution < 1.29 is 4.79 Å². The molecule has 118 valence electrons. The molecular formula is C18H20N4O. The first-order chi connectivity index (χ1) is 11.3. The molecule has 0 saturated carbocycles. The van der Waals surface area contributed by atoms with Crippen LogP contribution >= 0.6 is 0 Å². The van der Waals surface area contributed by atoms with Crippen LogP contribution in [0.4, 0.5) is 0 Å². The number of para-hydroxylation sites is 1. The Bertz CT molecular complexity index is 805. The molecule has 5 heteroatoms. The van der Waals surface area contributed by atoms with Gasteiger partial charge in [-0.1, -0.05) is 18.2 Å². The normalized spacial score (nSPS) is 17.9. The zero-order valence-electron chi connectivity index (χ0n) is 13.0. The van der Waals surface area contributed by atoms with Gasteiger partial charge in [-0.15, -0.1) is 0 Å². The van der Waals surface area contributed by atoms with Crippen LogP contribution in [-0.2, 0) is 17.9 Å². The summed E-state index contributed by atoms with van der Waals surface area (Å²) in [6, 6.07) is 12.4.